The van der Waals surface area contributed by atoms with Crippen LogP contribution in [0.5, 0.6) is 0 Å². The van der Waals surface area contributed by atoms with Gasteiger partial charge < -0.3 is 0 Å². The summed E-state index contributed by atoms with van der Waals surface area (Å²) < 4.78 is 2.00. The summed E-state index contributed by atoms with van der Waals surface area (Å²) in [7, 11) is 0. The molecule has 0 amide bonds. The number of fused-ring (bicyclic) bond motifs is 1. The number of rotatable bonds is 2. The lowest BCUT2D eigenvalue weighted by Crippen LogP contribution is -1.93. The Morgan fingerprint density at radius 3 is 2.50 bits per heavy atom. The first-order chi connectivity index (χ1) is 8.63. The maximum absolute atomic E-state index is 6.00. The lowest BCUT2D eigenvalue weighted by Gasteiger charge is -2.09. The van der Waals surface area contributed by atoms with E-state index < -0.39 is 0 Å². The molecule has 0 saturated carbocycles. The fraction of sp³-hybridized carbons (Fsp3) is 0.357. The van der Waals surface area contributed by atoms with Gasteiger partial charge in [-0.05, 0) is 62.0 Å². The van der Waals surface area contributed by atoms with Gasteiger partial charge in [0.15, 0.2) is 0 Å². The molecule has 1 heterocycles. The highest BCUT2D eigenvalue weighted by Gasteiger charge is 2.11. The molecule has 0 fully saturated rings. The predicted molar refractivity (Wildman–Crippen MR) is 87.5 cm³/mol. The Kier molecular flexibility index (Phi) is 6.61. The second kappa shape index (κ2) is 7.46. The molecule has 2 rings (SSSR count). The number of hydrogen-bond acceptors (Lipinski definition) is 1. The van der Waals surface area contributed by atoms with E-state index in [4.69, 9.17) is 11.6 Å². The fourth-order valence-electron chi connectivity index (χ4n) is 1.67. The summed E-state index contributed by atoms with van der Waals surface area (Å²) in [5.74, 6) is 0. The Morgan fingerprint density at radius 2 is 1.89 bits per heavy atom. The van der Waals surface area contributed by atoms with Crippen LogP contribution in [0.15, 0.2) is 27.3 Å². The highest BCUT2D eigenvalue weighted by Crippen LogP contribution is 2.33. The van der Waals surface area contributed by atoms with Crippen molar-refractivity contribution in [2.24, 2.45) is 0 Å². The van der Waals surface area contributed by atoms with Crippen LogP contribution in [0.2, 0.25) is 5.02 Å². The zero-order valence-electron chi connectivity index (χ0n) is 10.7. The van der Waals surface area contributed by atoms with E-state index >= 15 is 0 Å². The Hall–Kier alpha value is -0.120. The molecule has 0 aliphatic heterocycles. The van der Waals surface area contributed by atoms with Crippen molar-refractivity contribution in [1.29, 1.82) is 0 Å². The minimum absolute atomic E-state index is 0.736. The molecule has 0 N–H and O–H groups in total. The maximum Gasteiger partial charge on any atom is 0.111 e. The van der Waals surface area contributed by atoms with Gasteiger partial charge in [-0.2, -0.15) is 0 Å². The first-order valence-electron chi connectivity index (χ1n) is 6.06. The summed E-state index contributed by atoms with van der Waals surface area (Å²) in [6.07, 6.45) is 2.08. The molecular weight excluding hydrogens is 377 g/mol. The molecule has 98 valence electrons. The van der Waals surface area contributed by atoms with E-state index in [0.717, 1.165) is 37.8 Å². The van der Waals surface area contributed by atoms with Crippen LogP contribution in [0.25, 0.3) is 10.9 Å². The van der Waals surface area contributed by atoms with Crippen LogP contribution < -0.4 is 0 Å². The van der Waals surface area contributed by atoms with Crippen LogP contribution in [-0.4, -0.2) is 4.98 Å². The predicted octanol–water partition coefficient (Wildman–Crippen LogP) is 6.39. The van der Waals surface area contributed by atoms with E-state index in [-0.39, 0.29) is 0 Å². The fourth-order valence-corrected chi connectivity index (χ4v) is 3.40. The third-order valence-corrected chi connectivity index (χ3v) is 4.22. The van der Waals surface area contributed by atoms with Gasteiger partial charge in [-0.3, -0.25) is 0 Å². The van der Waals surface area contributed by atoms with E-state index in [9.17, 15) is 0 Å². The highest BCUT2D eigenvalue weighted by atomic mass is 79.9. The van der Waals surface area contributed by atoms with Crippen molar-refractivity contribution >= 4 is 54.4 Å². The molecule has 0 bridgehead atoms. The first kappa shape index (κ1) is 15.9. The monoisotopic (exact) mass is 391 g/mol. The van der Waals surface area contributed by atoms with E-state index in [0.29, 0.717) is 0 Å². The summed E-state index contributed by atoms with van der Waals surface area (Å²) in [5, 5.41) is 1.80. The summed E-state index contributed by atoms with van der Waals surface area (Å²) in [4.78, 5) is 4.52. The standard InChI is InChI=1S/C12H10Br2ClN.C2H6/c1-2-3-8-11(13)9-6-7(15)4-5-10(9)16-12(8)14;1-2/h4-6H,2-3H2,1H3;1-2H3. The Balaban J connectivity index is 0.000000771. The van der Waals surface area contributed by atoms with Crippen LogP contribution in [0.1, 0.15) is 32.8 Å². The van der Waals surface area contributed by atoms with Gasteiger partial charge >= 0.3 is 0 Å². The van der Waals surface area contributed by atoms with E-state index in [1.165, 1.54) is 5.56 Å². The first-order valence-corrected chi connectivity index (χ1v) is 8.03. The minimum atomic E-state index is 0.736. The second-order valence-corrected chi connectivity index (χ2v) is 5.59. The number of pyridine rings is 1. The van der Waals surface area contributed by atoms with Crippen LogP contribution in [-0.2, 0) is 6.42 Å². The normalized spacial score (nSPS) is 10.1. The molecule has 0 spiro atoms. The van der Waals surface area contributed by atoms with Gasteiger partial charge in [-0.15, -0.1) is 0 Å². The van der Waals surface area contributed by atoms with Crippen molar-refractivity contribution in [2.75, 3.05) is 0 Å². The van der Waals surface area contributed by atoms with Gasteiger partial charge in [0, 0.05) is 14.9 Å². The molecule has 0 radical (unpaired) electrons. The molecule has 0 aliphatic rings. The highest BCUT2D eigenvalue weighted by molar-refractivity contribution is 9.11. The quantitative estimate of drug-likeness (QED) is 0.539. The average molecular weight is 394 g/mol. The molecule has 1 aromatic carbocycles. The van der Waals surface area contributed by atoms with Crippen LogP contribution >= 0.6 is 43.5 Å². The number of aromatic nitrogens is 1. The van der Waals surface area contributed by atoms with Gasteiger partial charge in [0.2, 0.25) is 0 Å². The van der Waals surface area contributed by atoms with Crippen LogP contribution in [0.3, 0.4) is 0 Å². The van der Waals surface area contributed by atoms with Gasteiger partial charge in [-0.25, -0.2) is 4.98 Å². The van der Waals surface area contributed by atoms with Crippen molar-refractivity contribution in [2.45, 2.75) is 33.6 Å². The second-order valence-electron chi connectivity index (χ2n) is 3.61. The molecule has 1 nitrogen and oxygen atoms in total. The molecule has 1 aromatic heterocycles. The molecule has 0 aliphatic carbocycles. The van der Waals surface area contributed by atoms with Crippen molar-refractivity contribution in [3.05, 3.63) is 37.9 Å². The third kappa shape index (κ3) is 3.46. The van der Waals surface area contributed by atoms with Crippen molar-refractivity contribution in [3.8, 4) is 0 Å². The van der Waals surface area contributed by atoms with E-state index in [1.54, 1.807) is 0 Å². The lowest BCUT2D eigenvalue weighted by molar-refractivity contribution is 0.905. The van der Waals surface area contributed by atoms with E-state index in [1.807, 2.05) is 32.0 Å². The molecular formula is C14H16Br2ClN. The maximum atomic E-state index is 6.00. The molecule has 0 unspecified atom stereocenters. The number of halogens is 3. The van der Waals surface area contributed by atoms with Crippen molar-refractivity contribution < 1.29 is 0 Å². The average Bonchev–Trinajstić information content (AvgIpc) is 2.38. The largest absolute Gasteiger partial charge is 0.241 e. The van der Waals surface area contributed by atoms with Crippen LogP contribution in [0.4, 0.5) is 0 Å². The minimum Gasteiger partial charge on any atom is -0.241 e. The topological polar surface area (TPSA) is 12.9 Å². The van der Waals surface area contributed by atoms with Crippen molar-refractivity contribution in [3.63, 3.8) is 0 Å². The third-order valence-electron chi connectivity index (χ3n) is 2.43. The van der Waals surface area contributed by atoms with Crippen molar-refractivity contribution in [1.82, 2.24) is 4.98 Å². The molecule has 0 atom stereocenters. The molecule has 18 heavy (non-hydrogen) atoms. The van der Waals surface area contributed by atoms with Gasteiger partial charge in [0.25, 0.3) is 0 Å². The smallest absolute Gasteiger partial charge is 0.111 e. The molecule has 4 heteroatoms. The summed E-state index contributed by atoms with van der Waals surface area (Å²) in [6.45, 7) is 6.15. The summed E-state index contributed by atoms with van der Waals surface area (Å²) in [5.41, 5.74) is 2.15. The van der Waals surface area contributed by atoms with Gasteiger partial charge in [0.05, 0.1) is 5.52 Å². The number of benzene rings is 1. The zero-order valence-corrected chi connectivity index (χ0v) is 14.7. The van der Waals surface area contributed by atoms with Gasteiger partial charge in [0.1, 0.15) is 4.60 Å². The van der Waals surface area contributed by atoms with Gasteiger partial charge in [-0.1, -0.05) is 38.8 Å². The van der Waals surface area contributed by atoms with E-state index in [2.05, 4.69) is 43.8 Å². The summed E-state index contributed by atoms with van der Waals surface area (Å²) in [6, 6.07) is 5.73. The van der Waals surface area contributed by atoms with Crippen LogP contribution in [0, 0.1) is 0 Å². The Bertz CT molecular complexity index is 541. The zero-order chi connectivity index (χ0) is 13.7. The Labute approximate surface area is 130 Å². The summed E-state index contributed by atoms with van der Waals surface area (Å²) >= 11 is 13.2. The molecule has 0 saturated heterocycles. The SMILES string of the molecule is CC.CCCc1c(Br)nc2ccc(Cl)cc2c1Br. The number of nitrogens with zero attached hydrogens (tertiary/aromatic N) is 1. The lowest BCUT2D eigenvalue weighted by atomic mass is 10.1. The Morgan fingerprint density at radius 1 is 1.22 bits per heavy atom. The number of hydrogen-bond donors (Lipinski definition) is 0. The molecule has 2 aromatic rings.